The maximum Gasteiger partial charge on any atom is 2.00 e. The van der Waals surface area contributed by atoms with Gasteiger partial charge in [0.15, 0.2) is 5.82 Å². The first-order valence-corrected chi connectivity index (χ1v) is 13.1. The summed E-state index contributed by atoms with van der Waals surface area (Å²) in [6.07, 6.45) is 2.17. The second-order valence-corrected chi connectivity index (χ2v) is 9.40. The van der Waals surface area contributed by atoms with E-state index < -0.39 is 24.6 Å². The first kappa shape index (κ1) is 31.1. The summed E-state index contributed by atoms with van der Waals surface area (Å²) in [6.45, 7) is 0. The average molecular weight is 588 g/mol. The van der Waals surface area contributed by atoms with Crippen LogP contribution in [0.5, 0.6) is 0 Å². The monoisotopic (exact) mass is 587 g/mol. The molecule has 0 aliphatic carbocycles. The van der Waals surface area contributed by atoms with Gasteiger partial charge in [0, 0.05) is 41.1 Å². The maximum absolute atomic E-state index is 11.0. The van der Waals surface area contributed by atoms with Gasteiger partial charge in [0.1, 0.15) is 5.69 Å². The van der Waals surface area contributed by atoms with Crippen LogP contribution in [0.1, 0.15) is 18.4 Å². The smallest absolute Gasteiger partial charge is 0.481 e. The zero-order chi connectivity index (χ0) is 28.6. The van der Waals surface area contributed by atoms with Gasteiger partial charge < -0.3 is 20.6 Å². The normalized spacial score (nSPS) is 12.4. The molecule has 0 aliphatic rings. The van der Waals surface area contributed by atoms with Gasteiger partial charge in [-0.1, -0.05) is 91.0 Å². The largest absolute Gasteiger partial charge is 2.00 e. The van der Waals surface area contributed by atoms with E-state index in [1.54, 1.807) is 29.1 Å². The molecule has 0 saturated carbocycles. The molecule has 2 atom stereocenters. The quantitative estimate of drug-likeness (QED) is 0.159. The number of aromatic nitrogens is 4. The molecule has 4 N–H and O–H groups in total. The van der Waals surface area contributed by atoms with Gasteiger partial charge in [-0.25, -0.2) is 9.67 Å². The standard InChI is InChI=1S/C32H29N5O4.Ca/c38-25(20-26(39)21-29(40)41)16-17-27-30(22-10-4-1-5-11-22)36-37(31(27)23-12-6-2-7-13-23)28-18-19-33-32(35-28)34-24-14-8-3-9-15-24;/h1-19,25-26,38-39H,20-21H2,(H,40,41)(H,33,34,35);/q;+2/b17-16+;/t25-,26-;/m1./s1. The Balaban J connectivity index is 0.00000405. The Morgan fingerprint density at radius 1 is 0.881 bits per heavy atom. The van der Waals surface area contributed by atoms with Crippen molar-refractivity contribution >= 4 is 61.4 Å². The summed E-state index contributed by atoms with van der Waals surface area (Å²) < 4.78 is 1.75. The molecule has 10 heteroatoms. The van der Waals surface area contributed by atoms with Gasteiger partial charge in [-0.3, -0.25) is 4.79 Å². The number of nitrogens with zero attached hydrogens (tertiary/aromatic N) is 4. The summed E-state index contributed by atoms with van der Waals surface area (Å²) in [5.74, 6) is -0.186. The Hall–Kier alpha value is -3.86. The first-order chi connectivity index (χ1) is 20.0. The fourth-order valence-electron chi connectivity index (χ4n) is 4.46. The summed E-state index contributed by atoms with van der Waals surface area (Å²) in [5, 5.41) is 37.8. The zero-order valence-electron chi connectivity index (χ0n) is 22.8. The molecule has 2 heterocycles. The SMILES string of the molecule is O=C(O)C[C@H](O)C[C@H](O)/C=C/c1c(-c2ccccc2)nn(-c2ccnc(Nc3ccccc3)n2)c1-c1ccccc1.[Ca+2]. The Labute approximate surface area is 273 Å². The second kappa shape index (κ2) is 14.9. The van der Waals surface area contributed by atoms with Crippen LogP contribution in [0, 0.1) is 0 Å². The number of para-hydroxylation sites is 1. The van der Waals surface area contributed by atoms with Crippen LogP contribution in [0.25, 0.3) is 34.4 Å². The minimum absolute atomic E-state index is 0. The van der Waals surface area contributed by atoms with Gasteiger partial charge in [0.05, 0.1) is 24.3 Å². The molecular formula is C32H29CaN5O4+2. The van der Waals surface area contributed by atoms with E-state index in [9.17, 15) is 15.0 Å². The number of benzene rings is 3. The molecule has 0 spiro atoms. The summed E-state index contributed by atoms with van der Waals surface area (Å²) in [7, 11) is 0. The van der Waals surface area contributed by atoms with Crippen LogP contribution in [-0.2, 0) is 4.79 Å². The van der Waals surface area contributed by atoms with E-state index in [4.69, 9.17) is 15.2 Å². The van der Waals surface area contributed by atoms with Crippen molar-refractivity contribution in [2.24, 2.45) is 0 Å². The molecule has 0 unspecified atom stereocenters. The van der Waals surface area contributed by atoms with Gasteiger partial charge >= 0.3 is 43.7 Å². The summed E-state index contributed by atoms with van der Waals surface area (Å²) >= 11 is 0. The minimum atomic E-state index is -1.17. The number of carboxylic acid groups (broad SMARTS) is 1. The van der Waals surface area contributed by atoms with Gasteiger partial charge in [-0.2, -0.15) is 10.1 Å². The Kier molecular flexibility index (Phi) is 11.0. The number of rotatable bonds is 11. The Morgan fingerprint density at radius 2 is 1.50 bits per heavy atom. The fraction of sp³-hybridized carbons (Fsp3) is 0.125. The van der Waals surface area contributed by atoms with Crippen LogP contribution in [0.2, 0.25) is 0 Å². The number of aliphatic hydroxyl groups excluding tert-OH is 2. The third kappa shape index (κ3) is 7.90. The van der Waals surface area contributed by atoms with Crippen molar-refractivity contribution in [3.63, 3.8) is 0 Å². The molecule has 42 heavy (non-hydrogen) atoms. The number of hydrogen-bond donors (Lipinski definition) is 4. The van der Waals surface area contributed by atoms with E-state index in [2.05, 4.69) is 10.3 Å². The zero-order valence-corrected chi connectivity index (χ0v) is 25.0. The molecular weight excluding hydrogens is 558 g/mol. The molecule has 0 bridgehead atoms. The average Bonchev–Trinajstić information content (AvgIpc) is 3.37. The molecule has 9 nitrogen and oxygen atoms in total. The van der Waals surface area contributed by atoms with E-state index in [1.807, 2.05) is 91.0 Å². The number of nitrogens with one attached hydrogen (secondary N) is 1. The molecule has 0 aliphatic heterocycles. The number of anilines is 2. The first-order valence-electron chi connectivity index (χ1n) is 13.1. The predicted molar refractivity (Wildman–Crippen MR) is 163 cm³/mol. The van der Waals surface area contributed by atoms with E-state index in [0.29, 0.717) is 17.5 Å². The van der Waals surface area contributed by atoms with Crippen molar-refractivity contribution in [2.75, 3.05) is 5.32 Å². The van der Waals surface area contributed by atoms with Gasteiger partial charge in [-0.15, -0.1) is 0 Å². The fourth-order valence-corrected chi connectivity index (χ4v) is 4.46. The molecule has 0 amide bonds. The van der Waals surface area contributed by atoms with E-state index >= 15 is 0 Å². The van der Waals surface area contributed by atoms with Crippen LogP contribution >= 0.6 is 0 Å². The number of aliphatic carboxylic acids is 1. The molecule has 0 saturated heterocycles. The van der Waals surface area contributed by atoms with Crippen LogP contribution in [0.4, 0.5) is 11.6 Å². The molecule has 5 aromatic rings. The molecule has 2 aromatic heterocycles. The van der Waals surface area contributed by atoms with Crippen molar-refractivity contribution in [3.05, 3.63) is 115 Å². The van der Waals surface area contributed by atoms with Gasteiger partial charge in [0.25, 0.3) is 0 Å². The molecule has 206 valence electrons. The Bertz CT molecular complexity index is 1630. The molecule has 0 fully saturated rings. The number of hydrogen-bond acceptors (Lipinski definition) is 7. The predicted octanol–water partition coefficient (Wildman–Crippen LogP) is 4.96. The maximum atomic E-state index is 11.0. The number of carboxylic acids is 1. The van der Waals surface area contributed by atoms with Crippen LogP contribution in [0.15, 0.2) is 109 Å². The van der Waals surface area contributed by atoms with E-state index in [-0.39, 0.29) is 44.2 Å². The third-order valence-corrected chi connectivity index (χ3v) is 6.31. The summed E-state index contributed by atoms with van der Waals surface area (Å²) in [4.78, 5) is 20.1. The topological polar surface area (TPSA) is 133 Å². The van der Waals surface area contributed by atoms with Crippen molar-refractivity contribution in [1.29, 1.82) is 0 Å². The van der Waals surface area contributed by atoms with Gasteiger partial charge in [0.2, 0.25) is 5.95 Å². The second-order valence-electron chi connectivity index (χ2n) is 9.40. The summed E-state index contributed by atoms with van der Waals surface area (Å²) in [5.41, 5.74) is 4.71. The molecule has 5 rings (SSSR count). The molecule has 3 aromatic carbocycles. The minimum Gasteiger partial charge on any atom is -0.481 e. The summed E-state index contributed by atoms with van der Waals surface area (Å²) in [6, 6.07) is 30.8. The van der Waals surface area contributed by atoms with Crippen LogP contribution < -0.4 is 5.32 Å². The molecule has 0 radical (unpaired) electrons. The third-order valence-electron chi connectivity index (χ3n) is 6.31. The number of carbonyl (C=O) groups is 1. The number of aliphatic hydroxyl groups is 2. The van der Waals surface area contributed by atoms with Gasteiger partial charge in [-0.05, 0) is 12.1 Å². The van der Waals surface area contributed by atoms with Crippen molar-refractivity contribution in [3.8, 4) is 28.3 Å². The van der Waals surface area contributed by atoms with E-state index in [1.165, 1.54) is 0 Å². The van der Waals surface area contributed by atoms with Crippen molar-refractivity contribution in [2.45, 2.75) is 25.0 Å². The van der Waals surface area contributed by atoms with E-state index in [0.717, 1.165) is 28.1 Å². The van der Waals surface area contributed by atoms with Crippen LogP contribution in [-0.4, -0.2) is 91.0 Å². The van der Waals surface area contributed by atoms with Crippen LogP contribution in [0.3, 0.4) is 0 Å². The van der Waals surface area contributed by atoms with Crippen molar-refractivity contribution in [1.82, 2.24) is 19.7 Å². The Morgan fingerprint density at radius 3 is 2.14 bits per heavy atom. The van der Waals surface area contributed by atoms with Crippen molar-refractivity contribution < 1.29 is 20.1 Å².